The van der Waals surface area contributed by atoms with Gasteiger partial charge in [0.2, 0.25) is 11.7 Å². The molecule has 2 aromatic rings. The first-order valence-corrected chi connectivity index (χ1v) is 13.0. The summed E-state index contributed by atoms with van der Waals surface area (Å²) in [6.45, 7) is 7.59. The van der Waals surface area contributed by atoms with Crippen molar-refractivity contribution < 1.29 is 14.1 Å². The van der Waals surface area contributed by atoms with Crippen LogP contribution >= 0.6 is 0 Å². The maximum Gasteiger partial charge on any atom is 0.307 e. The summed E-state index contributed by atoms with van der Waals surface area (Å²) >= 11 is 0. The number of carbonyl (C=O) groups excluding carboxylic acids is 1. The Kier molecular flexibility index (Phi) is 8.16. The van der Waals surface area contributed by atoms with Crippen LogP contribution < -0.4 is 4.90 Å². The quantitative estimate of drug-likeness (QED) is 0.432. The minimum Gasteiger partial charge on any atom is -0.460 e. The van der Waals surface area contributed by atoms with E-state index in [2.05, 4.69) is 20.0 Å². The molecule has 186 valence electrons. The second kappa shape index (κ2) is 11.3. The molecule has 1 atom stereocenters. The number of ether oxygens (including phenoxy) is 1. The first-order chi connectivity index (χ1) is 16.4. The van der Waals surface area contributed by atoms with E-state index in [1.165, 1.54) is 38.5 Å². The molecule has 0 unspecified atom stereocenters. The van der Waals surface area contributed by atoms with Crippen LogP contribution in [0.5, 0.6) is 0 Å². The minimum absolute atomic E-state index is 0.161. The average molecular weight is 470 g/mol. The highest BCUT2D eigenvalue weighted by atomic mass is 16.6. The average Bonchev–Trinajstić information content (AvgIpc) is 3.50. The third-order valence-corrected chi connectivity index (χ3v) is 6.81. The number of carbonyl (C=O) groups is 1. The monoisotopic (exact) mass is 469 g/mol. The van der Waals surface area contributed by atoms with E-state index in [-0.39, 0.29) is 18.3 Å². The molecule has 4 rings (SSSR count). The number of hydrogen-bond acceptors (Lipinski definition) is 8. The smallest absolute Gasteiger partial charge is 0.307 e. The standard InChI is InChI=1S/C26H39N5O3/c1-26(2,3)33-21(32)18-20(13-9-12-19-10-5-4-6-11-19)25-29-23(30-34-25)22-24(28-15-14-27-22)31-16-7-8-17-31/h14-15,19-20H,4-13,16-18H2,1-3H3/t20-/m1/s1. The van der Waals surface area contributed by atoms with Crippen molar-refractivity contribution in [2.45, 2.75) is 103 Å². The Hall–Kier alpha value is -2.51. The molecule has 3 heterocycles. The molecule has 34 heavy (non-hydrogen) atoms. The van der Waals surface area contributed by atoms with Crippen LogP contribution in [0.1, 0.15) is 103 Å². The first kappa shape index (κ1) is 24.6. The summed E-state index contributed by atoms with van der Waals surface area (Å²) in [5.41, 5.74) is 0.117. The normalized spacial score (nSPS) is 18.3. The fourth-order valence-electron chi connectivity index (χ4n) is 5.17. The van der Waals surface area contributed by atoms with Crippen molar-refractivity contribution in [2.24, 2.45) is 5.92 Å². The summed E-state index contributed by atoms with van der Waals surface area (Å²) in [6, 6.07) is 0. The van der Waals surface area contributed by atoms with E-state index in [0.717, 1.165) is 50.5 Å². The van der Waals surface area contributed by atoms with Gasteiger partial charge in [0.25, 0.3) is 0 Å². The van der Waals surface area contributed by atoms with E-state index in [1.807, 2.05) is 20.8 Å². The largest absolute Gasteiger partial charge is 0.460 e. The molecule has 2 aliphatic rings. The van der Waals surface area contributed by atoms with Crippen molar-refractivity contribution in [1.29, 1.82) is 0 Å². The molecule has 8 heteroatoms. The topological polar surface area (TPSA) is 94.2 Å². The van der Waals surface area contributed by atoms with Crippen molar-refractivity contribution in [3.05, 3.63) is 18.3 Å². The van der Waals surface area contributed by atoms with Gasteiger partial charge in [0.1, 0.15) is 5.60 Å². The van der Waals surface area contributed by atoms with E-state index >= 15 is 0 Å². The fourth-order valence-corrected chi connectivity index (χ4v) is 5.17. The van der Waals surface area contributed by atoms with Gasteiger partial charge in [0, 0.05) is 31.4 Å². The van der Waals surface area contributed by atoms with Crippen LogP contribution in [0.3, 0.4) is 0 Å². The van der Waals surface area contributed by atoms with Crippen molar-refractivity contribution in [1.82, 2.24) is 20.1 Å². The lowest BCUT2D eigenvalue weighted by Gasteiger charge is -2.23. The predicted molar refractivity (Wildman–Crippen MR) is 130 cm³/mol. The Bertz CT molecular complexity index is 927. The van der Waals surface area contributed by atoms with Crippen molar-refractivity contribution >= 4 is 11.8 Å². The van der Waals surface area contributed by atoms with Gasteiger partial charge in [-0.1, -0.05) is 50.1 Å². The molecule has 2 aromatic heterocycles. The van der Waals surface area contributed by atoms with E-state index in [9.17, 15) is 4.79 Å². The summed E-state index contributed by atoms with van der Waals surface area (Å²) < 4.78 is 11.3. The molecule has 0 N–H and O–H groups in total. The molecule has 0 amide bonds. The molecular weight excluding hydrogens is 430 g/mol. The second-order valence-corrected chi connectivity index (χ2v) is 10.8. The first-order valence-electron chi connectivity index (χ1n) is 13.0. The number of nitrogens with zero attached hydrogens (tertiary/aromatic N) is 5. The third kappa shape index (κ3) is 6.76. The van der Waals surface area contributed by atoms with Gasteiger partial charge in [-0.05, 0) is 46.0 Å². The van der Waals surface area contributed by atoms with Crippen LogP contribution in [-0.4, -0.2) is 44.8 Å². The zero-order valence-electron chi connectivity index (χ0n) is 21.0. The van der Waals surface area contributed by atoms with Crippen LogP contribution in [0.2, 0.25) is 0 Å². The summed E-state index contributed by atoms with van der Waals surface area (Å²) in [5.74, 6) is 2.14. The Morgan fingerprint density at radius 1 is 1.12 bits per heavy atom. The predicted octanol–water partition coefficient (Wildman–Crippen LogP) is 5.69. The Morgan fingerprint density at radius 2 is 1.85 bits per heavy atom. The molecular formula is C26H39N5O3. The van der Waals surface area contributed by atoms with Crippen LogP contribution in [0.4, 0.5) is 5.82 Å². The lowest BCUT2D eigenvalue weighted by Crippen LogP contribution is -2.25. The van der Waals surface area contributed by atoms with E-state index < -0.39 is 5.60 Å². The molecule has 1 aliphatic heterocycles. The summed E-state index contributed by atoms with van der Waals surface area (Å²) in [6.07, 6.45) is 15.7. The van der Waals surface area contributed by atoms with Gasteiger partial charge in [0.05, 0.1) is 6.42 Å². The van der Waals surface area contributed by atoms with Crippen molar-refractivity contribution in [3.63, 3.8) is 0 Å². The second-order valence-electron chi connectivity index (χ2n) is 10.8. The van der Waals surface area contributed by atoms with Crippen LogP contribution in [-0.2, 0) is 9.53 Å². The maximum absolute atomic E-state index is 12.7. The summed E-state index contributed by atoms with van der Waals surface area (Å²) in [7, 11) is 0. The maximum atomic E-state index is 12.7. The summed E-state index contributed by atoms with van der Waals surface area (Å²) in [5, 5.41) is 4.25. The number of anilines is 1. The Balaban J connectivity index is 1.49. The van der Waals surface area contributed by atoms with Gasteiger partial charge >= 0.3 is 5.97 Å². The molecule has 0 spiro atoms. The molecule has 0 aromatic carbocycles. The SMILES string of the molecule is CC(C)(C)OC(=O)C[C@@H](CCCC1CCCCC1)c1nc(-c2nccnc2N2CCCC2)no1. The Morgan fingerprint density at radius 3 is 2.59 bits per heavy atom. The van der Waals surface area contributed by atoms with Gasteiger partial charge < -0.3 is 14.2 Å². The highest BCUT2D eigenvalue weighted by Crippen LogP contribution is 2.33. The Labute approximate surface area is 202 Å². The highest BCUT2D eigenvalue weighted by molar-refractivity contribution is 5.71. The lowest BCUT2D eigenvalue weighted by atomic mass is 9.84. The molecule has 2 fully saturated rings. The molecule has 1 saturated heterocycles. The fraction of sp³-hybridized carbons (Fsp3) is 0.731. The molecule has 1 saturated carbocycles. The molecule has 0 bridgehead atoms. The minimum atomic E-state index is -0.520. The highest BCUT2D eigenvalue weighted by Gasteiger charge is 2.28. The van der Waals surface area contributed by atoms with Crippen molar-refractivity contribution in [3.8, 4) is 11.5 Å². The number of aromatic nitrogens is 4. The van der Waals surface area contributed by atoms with Crippen LogP contribution in [0.25, 0.3) is 11.5 Å². The molecule has 0 radical (unpaired) electrons. The zero-order valence-corrected chi connectivity index (χ0v) is 21.0. The van der Waals surface area contributed by atoms with Gasteiger partial charge in [-0.15, -0.1) is 0 Å². The third-order valence-electron chi connectivity index (χ3n) is 6.81. The van der Waals surface area contributed by atoms with E-state index in [0.29, 0.717) is 17.4 Å². The van der Waals surface area contributed by atoms with Gasteiger partial charge in [-0.2, -0.15) is 4.98 Å². The number of rotatable bonds is 9. The number of hydrogen-bond donors (Lipinski definition) is 0. The lowest BCUT2D eigenvalue weighted by molar-refractivity contribution is -0.155. The zero-order chi connectivity index (χ0) is 24.0. The van der Waals surface area contributed by atoms with Crippen LogP contribution in [0.15, 0.2) is 16.9 Å². The molecule has 8 nitrogen and oxygen atoms in total. The van der Waals surface area contributed by atoms with Crippen molar-refractivity contribution in [2.75, 3.05) is 18.0 Å². The van der Waals surface area contributed by atoms with Gasteiger partial charge in [0.15, 0.2) is 11.5 Å². The van der Waals surface area contributed by atoms with Gasteiger partial charge in [-0.25, -0.2) is 9.97 Å². The van der Waals surface area contributed by atoms with Gasteiger partial charge in [-0.3, -0.25) is 4.79 Å². The number of esters is 1. The summed E-state index contributed by atoms with van der Waals surface area (Å²) in [4.78, 5) is 28.7. The van der Waals surface area contributed by atoms with E-state index in [1.54, 1.807) is 12.4 Å². The van der Waals surface area contributed by atoms with Crippen LogP contribution in [0, 0.1) is 5.92 Å². The molecule has 1 aliphatic carbocycles. The van der Waals surface area contributed by atoms with E-state index in [4.69, 9.17) is 14.2 Å².